The number of ether oxygens (including phenoxy) is 1. The molecule has 0 radical (unpaired) electrons. The molecule has 5 rings (SSSR count). The highest BCUT2D eigenvalue weighted by Gasteiger charge is 2.74. The second kappa shape index (κ2) is 8.11. The Hall–Kier alpha value is -3.43. The minimum absolute atomic E-state index is 0.0461. The summed E-state index contributed by atoms with van der Waals surface area (Å²) in [4.78, 5) is 53.5. The lowest BCUT2D eigenvalue weighted by Crippen LogP contribution is -2.99. The van der Waals surface area contributed by atoms with Crippen molar-refractivity contribution in [1.29, 1.82) is 0 Å². The summed E-state index contributed by atoms with van der Waals surface area (Å²) in [6, 6.07) is 11.7. The molecule has 0 saturated carbocycles. The lowest BCUT2D eigenvalue weighted by Gasteiger charge is -2.26. The van der Waals surface area contributed by atoms with E-state index in [4.69, 9.17) is 22.1 Å². The van der Waals surface area contributed by atoms with Gasteiger partial charge in [0.15, 0.2) is 0 Å². The van der Waals surface area contributed by atoms with Crippen LogP contribution in [0.25, 0.3) is 0 Å². The van der Waals surface area contributed by atoms with Crippen LogP contribution in [0.4, 0.5) is 5.69 Å². The number of carbonyl (C=O) groups is 4. The van der Waals surface area contributed by atoms with Crippen LogP contribution in [0.1, 0.15) is 24.0 Å². The number of carbonyl (C=O) groups excluding carboxylic acids is 4. The molecule has 3 aliphatic heterocycles. The van der Waals surface area contributed by atoms with E-state index in [9.17, 15) is 19.2 Å². The van der Waals surface area contributed by atoms with E-state index in [0.717, 1.165) is 5.56 Å². The maximum absolute atomic E-state index is 13.8. The van der Waals surface area contributed by atoms with Gasteiger partial charge in [-0.2, -0.15) is 0 Å². The summed E-state index contributed by atoms with van der Waals surface area (Å²) >= 11 is 6.25. The molecule has 10 heteroatoms. The molecule has 3 aliphatic rings. The summed E-state index contributed by atoms with van der Waals surface area (Å²) in [6.07, 6.45) is 0.321. The fraction of sp³-hybridized carbons (Fsp3) is 0.333. The zero-order valence-electron chi connectivity index (χ0n) is 18.4. The number of methoxy groups -OCH3 is 1. The molecule has 4 atom stereocenters. The maximum atomic E-state index is 13.8. The van der Waals surface area contributed by atoms with E-state index in [1.54, 1.807) is 54.9 Å². The Balaban J connectivity index is 1.56. The van der Waals surface area contributed by atoms with Crippen LogP contribution in [0, 0.1) is 11.8 Å². The first-order chi connectivity index (χ1) is 16.3. The number of imide groups is 1. The molecule has 0 aliphatic carbocycles. The molecule has 0 unspecified atom stereocenters. The second-order valence-electron chi connectivity index (χ2n) is 8.96. The molecule has 3 heterocycles. The number of likely N-dealkylation sites (tertiary alicyclic amines) is 1. The summed E-state index contributed by atoms with van der Waals surface area (Å²) in [7, 11) is 1.56. The summed E-state index contributed by atoms with van der Waals surface area (Å²) in [5.74, 6) is -2.65. The van der Waals surface area contributed by atoms with Gasteiger partial charge in [0.05, 0.1) is 19.3 Å². The second-order valence-corrected chi connectivity index (χ2v) is 9.40. The van der Waals surface area contributed by atoms with Crippen molar-refractivity contribution in [3.63, 3.8) is 0 Å². The number of nitrogens with one attached hydrogen (secondary N) is 1. The molecule has 9 nitrogen and oxygen atoms in total. The number of benzene rings is 2. The first-order valence-corrected chi connectivity index (χ1v) is 11.4. The Kier molecular flexibility index (Phi) is 5.33. The topological polar surface area (TPSA) is 135 Å². The summed E-state index contributed by atoms with van der Waals surface area (Å²) in [5.41, 5.74) is 5.93. The molecule has 2 aromatic rings. The van der Waals surface area contributed by atoms with E-state index < -0.39 is 35.2 Å². The van der Waals surface area contributed by atoms with Gasteiger partial charge in [-0.1, -0.05) is 23.7 Å². The first kappa shape index (κ1) is 22.4. The van der Waals surface area contributed by atoms with Crippen LogP contribution in [-0.2, 0) is 31.3 Å². The van der Waals surface area contributed by atoms with Gasteiger partial charge < -0.3 is 21.1 Å². The molecule has 34 heavy (non-hydrogen) atoms. The van der Waals surface area contributed by atoms with Crippen molar-refractivity contribution in [3.8, 4) is 5.75 Å². The predicted octanol–water partition coefficient (Wildman–Crippen LogP) is 0.509. The lowest BCUT2D eigenvalue weighted by atomic mass is 9.76. The van der Waals surface area contributed by atoms with Crippen molar-refractivity contribution in [1.82, 2.24) is 4.90 Å². The van der Waals surface area contributed by atoms with Crippen LogP contribution in [-0.4, -0.2) is 41.7 Å². The Morgan fingerprint density at radius 1 is 1.18 bits per heavy atom. The summed E-state index contributed by atoms with van der Waals surface area (Å²) in [6.45, 7) is 0.0807. The molecule has 176 valence electrons. The number of quaternary nitrogens is 1. The van der Waals surface area contributed by atoms with Crippen LogP contribution in [0.5, 0.6) is 5.75 Å². The third-order valence-electron chi connectivity index (χ3n) is 7.15. The zero-order chi connectivity index (χ0) is 24.2. The van der Waals surface area contributed by atoms with Crippen LogP contribution in [0.3, 0.4) is 0 Å². The maximum Gasteiger partial charge on any atom is 0.291 e. The van der Waals surface area contributed by atoms with E-state index in [-0.39, 0.29) is 31.2 Å². The highest BCUT2D eigenvalue weighted by molar-refractivity contribution is 6.31. The van der Waals surface area contributed by atoms with E-state index >= 15 is 0 Å². The highest BCUT2D eigenvalue weighted by atomic mass is 35.5. The van der Waals surface area contributed by atoms with Gasteiger partial charge in [-0.05, 0) is 35.9 Å². The normalized spacial score (nSPS) is 27.2. The number of hydrogen-bond acceptors (Lipinski definition) is 5. The van der Waals surface area contributed by atoms with E-state index in [1.165, 1.54) is 4.90 Å². The van der Waals surface area contributed by atoms with Gasteiger partial charge in [-0.3, -0.25) is 24.1 Å². The summed E-state index contributed by atoms with van der Waals surface area (Å²) in [5, 5.41) is 5.04. The molecule has 2 saturated heterocycles. The Bertz CT molecular complexity index is 1220. The zero-order valence-corrected chi connectivity index (χ0v) is 19.2. The Labute approximate surface area is 200 Å². The minimum Gasteiger partial charge on any atom is -0.497 e. The number of anilines is 1. The van der Waals surface area contributed by atoms with E-state index in [2.05, 4.69) is 5.32 Å². The van der Waals surface area contributed by atoms with Gasteiger partial charge >= 0.3 is 0 Å². The highest BCUT2D eigenvalue weighted by Crippen LogP contribution is 2.50. The molecule has 0 aromatic heterocycles. The van der Waals surface area contributed by atoms with Crippen molar-refractivity contribution in [3.05, 3.63) is 58.6 Å². The number of hydrogen-bond donors (Lipinski definition) is 3. The largest absolute Gasteiger partial charge is 0.497 e. The lowest BCUT2D eigenvalue weighted by molar-refractivity contribution is -0.734. The molecular weight excluding hydrogens is 460 g/mol. The molecule has 1 spiro atoms. The van der Waals surface area contributed by atoms with E-state index in [0.29, 0.717) is 22.0 Å². The van der Waals surface area contributed by atoms with Gasteiger partial charge in [0.2, 0.25) is 23.3 Å². The quantitative estimate of drug-likeness (QED) is 0.514. The van der Waals surface area contributed by atoms with Gasteiger partial charge in [0.25, 0.3) is 5.91 Å². The van der Waals surface area contributed by atoms with Crippen LogP contribution >= 0.6 is 11.6 Å². The molecule has 5 N–H and O–H groups in total. The minimum atomic E-state index is -1.34. The van der Waals surface area contributed by atoms with Crippen molar-refractivity contribution in [2.45, 2.75) is 31.0 Å². The number of halogens is 1. The fourth-order valence-corrected chi connectivity index (χ4v) is 5.81. The average Bonchev–Trinajstić information content (AvgIpc) is 3.39. The SMILES string of the molecule is COc1ccc(CN2C(=O)[C@H]3[C@H](CCC(N)=O)[NH2+][C@@]4(C(=O)Nc5ccc(Cl)cc54)[C@H]3C2=O)cc1. The van der Waals surface area contributed by atoms with Crippen LogP contribution in [0.15, 0.2) is 42.5 Å². The predicted molar refractivity (Wildman–Crippen MR) is 121 cm³/mol. The van der Waals surface area contributed by atoms with Gasteiger partial charge in [-0.15, -0.1) is 0 Å². The molecular formula is C24H24ClN4O5+. The standard InChI is InChI=1S/C24H23ClN4O5/c1-34-14-5-2-12(3-6-14)11-29-21(31)19-17(8-9-18(26)30)28-24(20(19)22(29)32)15-10-13(25)4-7-16(15)27-23(24)33/h2-7,10,17,19-20,28H,8-9,11H2,1H3,(H2,26,30)(H,27,33)/p+1/t17-,19-,20+,24+/m0/s1. The smallest absolute Gasteiger partial charge is 0.291 e. The Morgan fingerprint density at radius 3 is 2.59 bits per heavy atom. The van der Waals surface area contributed by atoms with Gasteiger partial charge in [-0.25, -0.2) is 0 Å². The van der Waals surface area contributed by atoms with Crippen LogP contribution < -0.4 is 21.1 Å². The third-order valence-corrected chi connectivity index (χ3v) is 7.38. The molecule has 2 aromatic carbocycles. The van der Waals surface area contributed by atoms with E-state index in [1.807, 2.05) is 0 Å². The molecule has 2 fully saturated rings. The van der Waals surface area contributed by atoms with Gasteiger partial charge in [0.1, 0.15) is 23.6 Å². The number of nitrogens with two attached hydrogens (primary N) is 2. The number of amides is 4. The average molecular weight is 484 g/mol. The molecule has 4 amide bonds. The van der Waals surface area contributed by atoms with Crippen molar-refractivity contribution in [2.24, 2.45) is 17.6 Å². The number of nitrogens with zero attached hydrogens (tertiary/aromatic N) is 1. The third kappa shape index (κ3) is 3.26. The van der Waals surface area contributed by atoms with Crippen molar-refractivity contribution < 1.29 is 29.2 Å². The van der Waals surface area contributed by atoms with Crippen molar-refractivity contribution in [2.75, 3.05) is 12.4 Å². The van der Waals surface area contributed by atoms with Gasteiger partial charge in [0, 0.05) is 23.4 Å². The number of primary amides is 1. The number of fused-ring (bicyclic) bond motifs is 4. The fourth-order valence-electron chi connectivity index (χ4n) is 5.64. The Morgan fingerprint density at radius 2 is 1.91 bits per heavy atom. The molecule has 0 bridgehead atoms. The summed E-state index contributed by atoms with van der Waals surface area (Å²) < 4.78 is 5.18. The van der Waals surface area contributed by atoms with Crippen LogP contribution in [0.2, 0.25) is 5.02 Å². The van der Waals surface area contributed by atoms with Crippen molar-refractivity contribution >= 4 is 40.9 Å². The first-order valence-electron chi connectivity index (χ1n) is 11.0. The monoisotopic (exact) mass is 483 g/mol. The number of rotatable bonds is 6.